The van der Waals surface area contributed by atoms with Gasteiger partial charge in [-0.15, -0.1) is 0 Å². The average Bonchev–Trinajstić information content (AvgIpc) is 2.56. The topological polar surface area (TPSA) is 102 Å². The molecule has 0 saturated heterocycles. The van der Waals surface area contributed by atoms with E-state index in [0.717, 1.165) is 6.26 Å². The largest absolute Gasteiger partial charge is 0.449 e. The maximum Gasteiger partial charge on any atom is 0.338 e. The lowest BCUT2D eigenvalue weighted by Gasteiger charge is -2.13. The van der Waals surface area contributed by atoms with Crippen molar-refractivity contribution in [3.05, 3.63) is 58.7 Å². The fourth-order valence-electron chi connectivity index (χ4n) is 2.00. The highest BCUT2D eigenvalue weighted by molar-refractivity contribution is 7.89. The average molecular weight is 397 g/mol. The van der Waals surface area contributed by atoms with E-state index in [-0.39, 0.29) is 17.1 Å². The zero-order chi connectivity index (χ0) is 19.3. The Morgan fingerprint density at radius 3 is 2.38 bits per heavy atom. The Labute approximate surface area is 156 Å². The van der Waals surface area contributed by atoms with E-state index in [1.165, 1.54) is 43.5 Å². The Kier molecular flexibility index (Phi) is 6.33. The van der Waals surface area contributed by atoms with Gasteiger partial charge in [-0.3, -0.25) is 4.79 Å². The second-order valence-corrected chi connectivity index (χ2v) is 8.24. The maximum absolute atomic E-state index is 12.1. The summed E-state index contributed by atoms with van der Waals surface area (Å²) >= 11 is 5.72. The molecule has 7 nitrogen and oxygen atoms in total. The SMILES string of the molecule is C[C@H](OC(=O)c1ccc(CS(C)(=O)=O)cc1)C(=O)Nc1ccc(Cl)cn1. The lowest BCUT2D eigenvalue weighted by molar-refractivity contribution is -0.123. The molecule has 0 bridgehead atoms. The van der Waals surface area contributed by atoms with Gasteiger partial charge in [-0.2, -0.15) is 0 Å². The van der Waals surface area contributed by atoms with E-state index in [9.17, 15) is 18.0 Å². The summed E-state index contributed by atoms with van der Waals surface area (Å²) in [4.78, 5) is 28.1. The molecule has 1 heterocycles. The molecule has 0 aliphatic heterocycles. The van der Waals surface area contributed by atoms with Crippen LogP contribution < -0.4 is 5.32 Å². The van der Waals surface area contributed by atoms with Crippen molar-refractivity contribution in [3.8, 4) is 0 Å². The van der Waals surface area contributed by atoms with E-state index in [1.807, 2.05) is 0 Å². The molecule has 0 spiro atoms. The van der Waals surface area contributed by atoms with Crippen LogP contribution in [-0.4, -0.2) is 37.6 Å². The van der Waals surface area contributed by atoms with E-state index in [4.69, 9.17) is 16.3 Å². The molecule has 0 aliphatic rings. The molecule has 0 fully saturated rings. The normalized spacial score (nSPS) is 12.3. The van der Waals surface area contributed by atoms with Crippen LogP contribution >= 0.6 is 11.6 Å². The van der Waals surface area contributed by atoms with Crippen molar-refractivity contribution in [2.75, 3.05) is 11.6 Å². The Hall–Kier alpha value is -2.45. The van der Waals surface area contributed by atoms with Crippen molar-refractivity contribution >= 4 is 39.1 Å². The highest BCUT2D eigenvalue weighted by Gasteiger charge is 2.19. The minimum Gasteiger partial charge on any atom is -0.449 e. The first kappa shape index (κ1) is 19.9. The third-order valence-electron chi connectivity index (χ3n) is 3.25. The highest BCUT2D eigenvalue weighted by atomic mass is 35.5. The van der Waals surface area contributed by atoms with Crippen LogP contribution in [0.4, 0.5) is 5.82 Å². The zero-order valence-corrected chi connectivity index (χ0v) is 15.7. The minimum absolute atomic E-state index is 0.116. The number of sulfone groups is 1. The second-order valence-electron chi connectivity index (χ2n) is 5.67. The number of rotatable bonds is 6. The number of ether oxygens (including phenoxy) is 1. The predicted octanol–water partition coefficient (Wildman–Crippen LogP) is 2.46. The molecule has 9 heteroatoms. The standard InChI is InChI=1S/C17H17ClN2O5S/c1-11(16(21)20-15-8-7-14(18)9-19-15)25-17(22)13-5-3-12(4-6-13)10-26(2,23)24/h3-9,11H,10H2,1-2H3,(H,19,20,21)/t11-/m0/s1. The number of amides is 1. The van der Waals surface area contributed by atoms with Crippen molar-refractivity contribution in [2.45, 2.75) is 18.8 Å². The molecule has 2 aromatic rings. The van der Waals surface area contributed by atoms with Crippen molar-refractivity contribution in [1.82, 2.24) is 4.98 Å². The second kappa shape index (κ2) is 8.29. The maximum atomic E-state index is 12.1. The van der Waals surface area contributed by atoms with Crippen LogP contribution in [0.1, 0.15) is 22.8 Å². The highest BCUT2D eigenvalue weighted by Crippen LogP contribution is 2.12. The van der Waals surface area contributed by atoms with Gasteiger partial charge in [0, 0.05) is 12.5 Å². The summed E-state index contributed by atoms with van der Waals surface area (Å²) in [6.07, 6.45) is 1.47. The molecule has 0 saturated carbocycles. The summed E-state index contributed by atoms with van der Waals surface area (Å²) in [6, 6.07) is 9.05. The van der Waals surface area contributed by atoms with Crippen molar-refractivity contribution in [1.29, 1.82) is 0 Å². The van der Waals surface area contributed by atoms with Gasteiger partial charge in [0.2, 0.25) is 0 Å². The molecule has 0 radical (unpaired) electrons. The van der Waals surface area contributed by atoms with Crippen molar-refractivity contribution < 1.29 is 22.7 Å². The van der Waals surface area contributed by atoms with Gasteiger partial charge in [-0.25, -0.2) is 18.2 Å². The number of pyridine rings is 1. The Morgan fingerprint density at radius 1 is 1.19 bits per heavy atom. The van der Waals surface area contributed by atoms with E-state index >= 15 is 0 Å². The number of nitrogens with zero attached hydrogens (tertiary/aromatic N) is 1. The quantitative estimate of drug-likeness (QED) is 0.752. The van der Waals surface area contributed by atoms with Gasteiger partial charge in [0.25, 0.3) is 5.91 Å². The number of halogens is 1. The molecule has 1 aromatic heterocycles. The van der Waals surface area contributed by atoms with E-state index in [1.54, 1.807) is 6.07 Å². The summed E-state index contributed by atoms with van der Waals surface area (Å²) in [6.45, 7) is 1.43. The van der Waals surface area contributed by atoms with Gasteiger partial charge >= 0.3 is 5.97 Å². The van der Waals surface area contributed by atoms with Crippen LogP contribution in [0.25, 0.3) is 0 Å². The summed E-state index contributed by atoms with van der Waals surface area (Å²) in [7, 11) is -3.16. The first-order valence-corrected chi connectivity index (χ1v) is 9.98. The molecule has 1 aromatic carbocycles. The van der Waals surface area contributed by atoms with Crippen LogP contribution in [-0.2, 0) is 25.1 Å². The van der Waals surface area contributed by atoms with E-state index in [2.05, 4.69) is 10.3 Å². The number of benzene rings is 1. The van der Waals surface area contributed by atoms with Gasteiger partial charge in [-0.05, 0) is 36.8 Å². The molecule has 0 unspecified atom stereocenters. The number of carbonyl (C=O) groups excluding carboxylic acids is 2. The number of carbonyl (C=O) groups is 2. The van der Waals surface area contributed by atoms with Gasteiger partial charge in [0.05, 0.1) is 16.3 Å². The fraction of sp³-hybridized carbons (Fsp3) is 0.235. The molecule has 0 aliphatic carbocycles. The number of hydrogen-bond donors (Lipinski definition) is 1. The molecular formula is C17H17ClN2O5S. The molecular weight excluding hydrogens is 380 g/mol. The Bertz CT molecular complexity index is 896. The monoisotopic (exact) mass is 396 g/mol. The lowest BCUT2D eigenvalue weighted by Crippen LogP contribution is -2.30. The lowest BCUT2D eigenvalue weighted by atomic mass is 10.1. The Morgan fingerprint density at radius 2 is 1.85 bits per heavy atom. The molecule has 2 rings (SSSR count). The first-order chi connectivity index (χ1) is 12.1. The smallest absolute Gasteiger partial charge is 0.338 e. The van der Waals surface area contributed by atoms with Gasteiger partial charge in [0.15, 0.2) is 15.9 Å². The van der Waals surface area contributed by atoms with Gasteiger partial charge in [0.1, 0.15) is 5.82 Å². The summed E-state index contributed by atoms with van der Waals surface area (Å²) in [5, 5.41) is 2.94. The third kappa shape index (κ3) is 6.12. The third-order valence-corrected chi connectivity index (χ3v) is 4.33. The van der Waals surface area contributed by atoms with Crippen molar-refractivity contribution in [2.24, 2.45) is 0 Å². The van der Waals surface area contributed by atoms with Crippen LogP contribution in [0.2, 0.25) is 5.02 Å². The van der Waals surface area contributed by atoms with E-state index in [0.29, 0.717) is 10.6 Å². The summed E-state index contributed by atoms with van der Waals surface area (Å²) in [5.74, 6) is -1.06. The number of anilines is 1. The van der Waals surface area contributed by atoms with Gasteiger partial charge < -0.3 is 10.1 Å². The Balaban J connectivity index is 1.95. The molecule has 1 atom stereocenters. The molecule has 138 valence electrons. The molecule has 26 heavy (non-hydrogen) atoms. The van der Waals surface area contributed by atoms with Crippen LogP contribution in [0.15, 0.2) is 42.6 Å². The molecule has 1 N–H and O–H groups in total. The van der Waals surface area contributed by atoms with Crippen LogP contribution in [0.3, 0.4) is 0 Å². The van der Waals surface area contributed by atoms with E-state index < -0.39 is 27.8 Å². The number of esters is 1. The zero-order valence-electron chi connectivity index (χ0n) is 14.1. The minimum atomic E-state index is -3.16. The predicted molar refractivity (Wildman–Crippen MR) is 97.7 cm³/mol. The van der Waals surface area contributed by atoms with Crippen LogP contribution in [0, 0.1) is 0 Å². The number of nitrogens with one attached hydrogen (secondary N) is 1. The van der Waals surface area contributed by atoms with Gasteiger partial charge in [-0.1, -0.05) is 23.7 Å². The van der Waals surface area contributed by atoms with Crippen molar-refractivity contribution in [3.63, 3.8) is 0 Å². The first-order valence-electron chi connectivity index (χ1n) is 7.54. The van der Waals surface area contributed by atoms with Crippen LogP contribution in [0.5, 0.6) is 0 Å². The molecule has 1 amide bonds. The number of aromatic nitrogens is 1. The fourth-order valence-corrected chi connectivity index (χ4v) is 2.91. The summed E-state index contributed by atoms with van der Waals surface area (Å²) < 4.78 is 27.6. The summed E-state index contributed by atoms with van der Waals surface area (Å²) in [5.41, 5.74) is 0.773. The number of hydrogen-bond acceptors (Lipinski definition) is 6.